The first kappa shape index (κ1) is 28.1. The van der Waals surface area contributed by atoms with Crippen LogP contribution in [0.25, 0.3) is 6.08 Å². The van der Waals surface area contributed by atoms with Gasteiger partial charge in [0.2, 0.25) is 0 Å². The number of amides is 2. The highest BCUT2D eigenvalue weighted by Gasteiger charge is 2.30. The lowest BCUT2D eigenvalue weighted by molar-refractivity contribution is -0.114. The molecule has 1 fully saturated rings. The second-order valence-electron chi connectivity index (χ2n) is 10.9. The van der Waals surface area contributed by atoms with Crippen LogP contribution in [0.2, 0.25) is 5.02 Å². The van der Waals surface area contributed by atoms with Gasteiger partial charge in [-0.25, -0.2) is 0 Å². The largest absolute Gasteiger partial charge is 0.365 e. The number of anilines is 2. The Morgan fingerprint density at radius 1 is 0.952 bits per heavy atom. The molecule has 6 rings (SSSR count). The van der Waals surface area contributed by atoms with Crippen molar-refractivity contribution in [1.82, 2.24) is 4.90 Å². The Labute approximate surface area is 256 Å². The molecule has 212 valence electrons. The number of thioether (sulfide) groups is 1. The normalized spacial score (nSPS) is 17.9. The maximum atomic E-state index is 13.7. The van der Waals surface area contributed by atoms with Crippen LogP contribution in [0, 0.1) is 6.92 Å². The fourth-order valence-corrected chi connectivity index (χ4v) is 6.90. The van der Waals surface area contributed by atoms with Gasteiger partial charge >= 0.3 is 0 Å². The summed E-state index contributed by atoms with van der Waals surface area (Å²) in [6, 6.07) is 31.9. The second-order valence-corrected chi connectivity index (χ2v) is 12.4. The first-order valence-electron chi connectivity index (χ1n) is 14.1. The molecule has 2 aliphatic heterocycles. The van der Waals surface area contributed by atoms with E-state index < -0.39 is 0 Å². The minimum absolute atomic E-state index is 0.0367. The van der Waals surface area contributed by atoms with Crippen LogP contribution in [0.4, 0.5) is 11.4 Å². The first-order chi connectivity index (χ1) is 20.4. The molecule has 1 unspecified atom stereocenters. The zero-order chi connectivity index (χ0) is 29.2. The highest BCUT2D eigenvalue weighted by molar-refractivity contribution is 8.04. The van der Waals surface area contributed by atoms with Crippen LogP contribution >= 0.6 is 23.4 Å². The fourth-order valence-electron chi connectivity index (χ4n) is 5.63. The lowest BCUT2D eigenvalue weighted by atomic mass is 10.1. The Bertz CT molecular complexity index is 1670. The first-order valence-corrected chi connectivity index (χ1v) is 15.3. The van der Waals surface area contributed by atoms with E-state index in [4.69, 9.17) is 11.6 Å². The van der Waals surface area contributed by atoms with Gasteiger partial charge in [0.1, 0.15) is 0 Å². The summed E-state index contributed by atoms with van der Waals surface area (Å²) in [6.07, 6.45) is 1.91. The summed E-state index contributed by atoms with van der Waals surface area (Å²) in [5, 5.41) is 0.646. The van der Waals surface area contributed by atoms with E-state index in [1.54, 1.807) is 4.90 Å². The molecule has 0 saturated carbocycles. The van der Waals surface area contributed by atoms with Crippen LogP contribution in [-0.2, 0) is 11.3 Å². The number of carbonyl (C=O) groups excluding carboxylic acids is 2. The molecule has 0 bridgehead atoms. The van der Waals surface area contributed by atoms with Crippen LogP contribution < -0.4 is 9.80 Å². The van der Waals surface area contributed by atoms with E-state index in [0.717, 1.165) is 28.3 Å². The quantitative estimate of drug-likeness (QED) is 0.223. The maximum absolute atomic E-state index is 13.7. The van der Waals surface area contributed by atoms with E-state index in [1.807, 2.05) is 83.8 Å². The zero-order valence-electron chi connectivity index (χ0n) is 23.7. The summed E-state index contributed by atoms with van der Waals surface area (Å²) >= 11 is 7.69. The third-order valence-corrected chi connectivity index (χ3v) is 9.08. The van der Waals surface area contributed by atoms with E-state index in [2.05, 4.69) is 43.0 Å². The van der Waals surface area contributed by atoms with Crippen molar-refractivity contribution in [3.8, 4) is 0 Å². The Morgan fingerprint density at radius 2 is 1.74 bits per heavy atom. The molecule has 0 aliphatic carbocycles. The summed E-state index contributed by atoms with van der Waals surface area (Å²) in [6.45, 7) is 6.85. The standard InChI is InChI=1S/C35H32ClN3O2S/c1-24-7-5-10-30(19-24)38-18-17-37(22-25(38)2)34(40)28-15-13-26(14-16-28)21-33-35(41)39(23-27-8-6-9-29(36)20-27)31-11-3-4-12-32(31)42-33/h3-16,19-21,25H,17-18,22-23H2,1-2H3. The van der Waals surface area contributed by atoms with Crippen LogP contribution in [-0.4, -0.2) is 42.4 Å². The number of rotatable bonds is 5. The van der Waals surface area contributed by atoms with E-state index in [1.165, 1.54) is 23.0 Å². The van der Waals surface area contributed by atoms with Crippen molar-refractivity contribution in [2.24, 2.45) is 0 Å². The Morgan fingerprint density at radius 3 is 2.50 bits per heavy atom. The molecule has 42 heavy (non-hydrogen) atoms. The van der Waals surface area contributed by atoms with Crippen molar-refractivity contribution in [2.75, 3.05) is 29.4 Å². The molecule has 2 heterocycles. The third kappa shape index (κ3) is 5.96. The van der Waals surface area contributed by atoms with Crippen molar-refractivity contribution < 1.29 is 9.59 Å². The van der Waals surface area contributed by atoms with Crippen LogP contribution in [0.1, 0.15) is 34.0 Å². The number of carbonyl (C=O) groups is 2. The Kier molecular flexibility index (Phi) is 8.09. The number of halogens is 1. The van der Waals surface area contributed by atoms with Crippen LogP contribution in [0.15, 0.2) is 107 Å². The molecule has 2 aliphatic rings. The average molecular weight is 594 g/mol. The fraction of sp³-hybridized carbons (Fsp3) is 0.200. The molecule has 4 aromatic carbocycles. The summed E-state index contributed by atoms with van der Waals surface area (Å²) in [4.78, 5) is 34.8. The molecule has 5 nitrogen and oxygen atoms in total. The number of piperazine rings is 1. The summed E-state index contributed by atoms with van der Waals surface area (Å²) < 4.78 is 0. The van der Waals surface area contributed by atoms with Gasteiger partial charge in [-0.15, -0.1) is 0 Å². The summed E-state index contributed by atoms with van der Waals surface area (Å²) in [5.41, 5.74) is 5.83. The predicted octanol–water partition coefficient (Wildman–Crippen LogP) is 7.68. The van der Waals surface area contributed by atoms with E-state index in [9.17, 15) is 9.59 Å². The Balaban J connectivity index is 1.17. The molecule has 0 aromatic heterocycles. The maximum Gasteiger partial charge on any atom is 0.265 e. The van der Waals surface area contributed by atoms with Gasteiger partial charge in [0.25, 0.3) is 11.8 Å². The van der Waals surface area contributed by atoms with Crippen LogP contribution in [0.5, 0.6) is 0 Å². The lowest BCUT2D eigenvalue weighted by Crippen LogP contribution is -2.53. The number of benzene rings is 4. The molecule has 4 aromatic rings. The van der Waals surface area contributed by atoms with Gasteiger partial charge in [-0.05, 0) is 85.1 Å². The van der Waals surface area contributed by atoms with Gasteiger partial charge in [-0.3, -0.25) is 9.59 Å². The van der Waals surface area contributed by atoms with Crippen LogP contribution in [0.3, 0.4) is 0 Å². The van der Waals surface area contributed by atoms with E-state index in [0.29, 0.717) is 35.1 Å². The lowest BCUT2D eigenvalue weighted by Gasteiger charge is -2.41. The van der Waals surface area contributed by atoms with E-state index in [-0.39, 0.29) is 17.9 Å². The number of nitrogens with zero attached hydrogens (tertiary/aromatic N) is 3. The number of fused-ring (bicyclic) bond motifs is 1. The van der Waals surface area contributed by atoms with E-state index >= 15 is 0 Å². The molecule has 2 amide bonds. The highest BCUT2D eigenvalue weighted by Crippen LogP contribution is 2.42. The SMILES string of the molecule is Cc1cccc(N2CCN(C(=O)c3ccc(C=C4Sc5ccccc5N(Cc5cccc(Cl)c5)C4=O)cc3)CC2C)c1. The minimum Gasteiger partial charge on any atom is -0.365 e. The molecule has 1 saturated heterocycles. The molecule has 0 spiro atoms. The van der Waals surface area contributed by atoms with Crippen molar-refractivity contribution in [3.63, 3.8) is 0 Å². The van der Waals surface area contributed by atoms with Crippen molar-refractivity contribution in [1.29, 1.82) is 0 Å². The Hall–Kier alpha value is -4.00. The zero-order valence-corrected chi connectivity index (χ0v) is 25.2. The van der Waals surface area contributed by atoms with Gasteiger partial charge in [0.05, 0.1) is 17.1 Å². The molecular formula is C35H32ClN3O2S. The number of aryl methyl sites for hydroxylation is 1. The minimum atomic E-state index is -0.0562. The predicted molar refractivity (Wildman–Crippen MR) is 173 cm³/mol. The van der Waals surface area contributed by atoms with Gasteiger partial charge in [-0.2, -0.15) is 0 Å². The average Bonchev–Trinajstić information content (AvgIpc) is 2.99. The number of hydrogen-bond donors (Lipinski definition) is 0. The van der Waals surface area contributed by atoms with Crippen molar-refractivity contribution >= 4 is 52.6 Å². The number of hydrogen-bond acceptors (Lipinski definition) is 4. The van der Waals surface area contributed by atoms with Gasteiger partial charge in [-0.1, -0.05) is 71.9 Å². The molecule has 1 atom stereocenters. The van der Waals surface area contributed by atoms with Gasteiger partial charge < -0.3 is 14.7 Å². The smallest absolute Gasteiger partial charge is 0.265 e. The van der Waals surface area contributed by atoms with Gasteiger partial charge in [0.15, 0.2) is 0 Å². The molecular weight excluding hydrogens is 562 g/mol. The molecule has 0 radical (unpaired) electrons. The van der Waals surface area contributed by atoms with Crippen molar-refractivity contribution in [3.05, 3.63) is 129 Å². The van der Waals surface area contributed by atoms with Gasteiger partial charge in [0, 0.05) is 46.8 Å². The third-order valence-electron chi connectivity index (χ3n) is 7.77. The molecule has 7 heteroatoms. The molecule has 0 N–H and O–H groups in total. The second kappa shape index (κ2) is 12.1. The number of para-hydroxylation sites is 1. The monoisotopic (exact) mass is 593 g/mol. The summed E-state index contributed by atoms with van der Waals surface area (Å²) in [7, 11) is 0. The topological polar surface area (TPSA) is 43.9 Å². The van der Waals surface area contributed by atoms with Crippen molar-refractivity contribution in [2.45, 2.75) is 31.3 Å². The highest BCUT2D eigenvalue weighted by atomic mass is 35.5. The summed E-state index contributed by atoms with van der Waals surface area (Å²) in [5.74, 6) is -0.0195.